The summed E-state index contributed by atoms with van der Waals surface area (Å²) in [4.78, 5) is 0. The fourth-order valence-electron chi connectivity index (χ4n) is 1.44. The molecule has 13 heavy (non-hydrogen) atoms. The average Bonchev–Trinajstić information content (AvgIpc) is 1.94. The molecule has 0 aromatic heterocycles. The molecule has 0 saturated carbocycles. The van der Waals surface area contributed by atoms with Crippen molar-refractivity contribution in [3.8, 4) is 0 Å². The molecule has 0 saturated heterocycles. The van der Waals surface area contributed by atoms with Gasteiger partial charge in [-0.3, -0.25) is 0 Å². The summed E-state index contributed by atoms with van der Waals surface area (Å²) in [5, 5.41) is 9.76. The van der Waals surface area contributed by atoms with Crippen LogP contribution in [0.2, 0.25) is 0 Å². The smallest absolute Gasteiger partial charge is 0.126 e. The predicted octanol–water partition coefficient (Wildman–Crippen LogP) is 2.67. The lowest BCUT2D eigenvalue weighted by atomic mass is 9.92. The average molecular weight is 182 g/mol. The van der Waals surface area contributed by atoms with Crippen LogP contribution < -0.4 is 0 Å². The molecule has 2 heteroatoms. The van der Waals surface area contributed by atoms with Crippen molar-refractivity contribution in [3.05, 3.63) is 34.6 Å². The lowest BCUT2D eigenvalue weighted by molar-refractivity contribution is 0.0778. The van der Waals surface area contributed by atoms with Gasteiger partial charge in [0.2, 0.25) is 0 Å². The van der Waals surface area contributed by atoms with E-state index in [2.05, 4.69) is 0 Å². The molecule has 0 amide bonds. The van der Waals surface area contributed by atoms with Gasteiger partial charge in [0, 0.05) is 0 Å². The summed E-state index contributed by atoms with van der Waals surface area (Å²) in [5.74, 6) is -0.217. The number of aliphatic hydroxyl groups is 1. The maximum Gasteiger partial charge on any atom is 0.126 e. The van der Waals surface area contributed by atoms with Crippen molar-refractivity contribution in [3.63, 3.8) is 0 Å². The maximum atomic E-state index is 13.1. The molecular formula is C11H15FO. The first kappa shape index (κ1) is 10.2. The summed E-state index contributed by atoms with van der Waals surface area (Å²) in [6.07, 6.45) is 0. The van der Waals surface area contributed by atoms with E-state index in [1.807, 2.05) is 0 Å². The highest BCUT2D eigenvalue weighted by molar-refractivity contribution is 5.35. The first-order valence-electron chi connectivity index (χ1n) is 4.32. The van der Waals surface area contributed by atoms with Crippen LogP contribution >= 0.6 is 0 Å². The van der Waals surface area contributed by atoms with E-state index in [0.29, 0.717) is 5.56 Å². The van der Waals surface area contributed by atoms with Gasteiger partial charge >= 0.3 is 0 Å². The third-order valence-corrected chi connectivity index (χ3v) is 2.16. The van der Waals surface area contributed by atoms with Crippen molar-refractivity contribution in [1.82, 2.24) is 0 Å². The summed E-state index contributed by atoms with van der Waals surface area (Å²) >= 11 is 0. The molecule has 1 aromatic rings. The summed E-state index contributed by atoms with van der Waals surface area (Å²) < 4.78 is 13.1. The highest BCUT2D eigenvalue weighted by Crippen LogP contribution is 2.25. The topological polar surface area (TPSA) is 20.2 Å². The van der Waals surface area contributed by atoms with E-state index in [9.17, 15) is 9.50 Å². The Kier molecular flexibility index (Phi) is 2.44. The van der Waals surface area contributed by atoms with Crippen LogP contribution in [0.1, 0.15) is 30.5 Å². The Bertz CT molecular complexity index is 324. The van der Waals surface area contributed by atoms with Gasteiger partial charge in [-0.1, -0.05) is 6.07 Å². The first-order chi connectivity index (χ1) is 5.82. The largest absolute Gasteiger partial charge is 0.386 e. The van der Waals surface area contributed by atoms with E-state index in [4.69, 9.17) is 0 Å². The zero-order valence-corrected chi connectivity index (χ0v) is 8.48. The van der Waals surface area contributed by atoms with Crippen molar-refractivity contribution in [2.24, 2.45) is 0 Å². The van der Waals surface area contributed by atoms with Gasteiger partial charge < -0.3 is 5.11 Å². The third-order valence-electron chi connectivity index (χ3n) is 2.16. The maximum absolute atomic E-state index is 13.1. The summed E-state index contributed by atoms with van der Waals surface area (Å²) in [6, 6.07) is 3.16. The minimum Gasteiger partial charge on any atom is -0.386 e. The van der Waals surface area contributed by atoms with E-state index in [0.717, 1.165) is 11.1 Å². The van der Waals surface area contributed by atoms with Crippen LogP contribution in [-0.4, -0.2) is 5.11 Å². The normalized spacial score (nSPS) is 11.8. The molecule has 0 aliphatic carbocycles. The van der Waals surface area contributed by atoms with Crippen LogP contribution in [0.3, 0.4) is 0 Å². The van der Waals surface area contributed by atoms with Crippen LogP contribution in [-0.2, 0) is 5.60 Å². The monoisotopic (exact) mass is 182 g/mol. The van der Waals surface area contributed by atoms with Gasteiger partial charge in [-0.05, 0) is 50.5 Å². The van der Waals surface area contributed by atoms with Crippen LogP contribution in [0.25, 0.3) is 0 Å². The fraction of sp³-hybridized carbons (Fsp3) is 0.455. The minimum atomic E-state index is -0.900. The SMILES string of the molecule is Cc1cc(C(C)(C)O)c(C)cc1F. The lowest BCUT2D eigenvalue weighted by Gasteiger charge is -2.21. The number of hydrogen-bond acceptors (Lipinski definition) is 1. The number of hydrogen-bond donors (Lipinski definition) is 1. The molecule has 0 aliphatic rings. The van der Waals surface area contributed by atoms with E-state index in [-0.39, 0.29) is 5.82 Å². The second kappa shape index (κ2) is 3.11. The van der Waals surface area contributed by atoms with Crippen molar-refractivity contribution in [1.29, 1.82) is 0 Å². The summed E-state index contributed by atoms with van der Waals surface area (Å²) in [5.41, 5.74) is 1.24. The summed E-state index contributed by atoms with van der Waals surface area (Å²) in [6.45, 7) is 6.90. The standard InChI is InChI=1S/C11H15FO/c1-7-6-10(12)8(2)5-9(7)11(3,4)13/h5-6,13H,1-4H3. The van der Waals surface area contributed by atoms with Gasteiger partial charge in [0.1, 0.15) is 5.82 Å². The Morgan fingerprint density at radius 2 is 1.69 bits per heavy atom. The van der Waals surface area contributed by atoms with Crippen LogP contribution in [0.4, 0.5) is 4.39 Å². The van der Waals surface area contributed by atoms with Crippen LogP contribution in [0.5, 0.6) is 0 Å². The van der Waals surface area contributed by atoms with Crippen LogP contribution in [0.15, 0.2) is 12.1 Å². The minimum absolute atomic E-state index is 0.217. The molecule has 0 atom stereocenters. The van der Waals surface area contributed by atoms with Crippen molar-refractivity contribution in [2.75, 3.05) is 0 Å². The number of halogens is 1. The molecule has 0 fully saturated rings. The number of aryl methyl sites for hydroxylation is 2. The molecule has 1 nitrogen and oxygen atoms in total. The quantitative estimate of drug-likeness (QED) is 0.708. The molecule has 1 rings (SSSR count). The van der Waals surface area contributed by atoms with Gasteiger partial charge in [0.15, 0.2) is 0 Å². The molecule has 0 aliphatic heterocycles. The second-order valence-corrected chi connectivity index (χ2v) is 3.98. The van der Waals surface area contributed by atoms with Gasteiger partial charge in [0.25, 0.3) is 0 Å². The van der Waals surface area contributed by atoms with Crippen molar-refractivity contribution >= 4 is 0 Å². The Labute approximate surface area is 78.2 Å². The van der Waals surface area contributed by atoms with E-state index < -0.39 is 5.60 Å². The molecule has 72 valence electrons. The molecule has 0 bridgehead atoms. The van der Waals surface area contributed by atoms with E-state index in [1.54, 1.807) is 33.8 Å². The lowest BCUT2D eigenvalue weighted by Crippen LogP contribution is -2.17. The Morgan fingerprint density at radius 3 is 2.15 bits per heavy atom. The number of benzene rings is 1. The first-order valence-corrected chi connectivity index (χ1v) is 4.32. The Balaban J connectivity index is 3.32. The van der Waals surface area contributed by atoms with Crippen molar-refractivity contribution < 1.29 is 9.50 Å². The molecule has 1 aromatic carbocycles. The molecule has 1 N–H and O–H groups in total. The second-order valence-electron chi connectivity index (χ2n) is 3.98. The zero-order chi connectivity index (χ0) is 10.2. The van der Waals surface area contributed by atoms with Crippen molar-refractivity contribution in [2.45, 2.75) is 33.3 Å². The van der Waals surface area contributed by atoms with Crippen LogP contribution in [0, 0.1) is 19.7 Å². The van der Waals surface area contributed by atoms with E-state index >= 15 is 0 Å². The molecular weight excluding hydrogens is 167 g/mol. The molecule has 0 heterocycles. The van der Waals surface area contributed by atoms with Gasteiger partial charge in [-0.2, -0.15) is 0 Å². The highest BCUT2D eigenvalue weighted by Gasteiger charge is 2.19. The summed E-state index contributed by atoms with van der Waals surface area (Å²) in [7, 11) is 0. The van der Waals surface area contributed by atoms with Gasteiger partial charge in [-0.25, -0.2) is 4.39 Å². The Hall–Kier alpha value is -0.890. The molecule has 0 spiro atoms. The predicted molar refractivity (Wildman–Crippen MR) is 51.1 cm³/mol. The third kappa shape index (κ3) is 2.07. The Morgan fingerprint density at radius 1 is 1.15 bits per heavy atom. The number of rotatable bonds is 1. The zero-order valence-electron chi connectivity index (χ0n) is 8.48. The fourth-order valence-corrected chi connectivity index (χ4v) is 1.44. The highest BCUT2D eigenvalue weighted by atomic mass is 19.1. The van der Waals surface area contributed by atoms with E-state index in [1.165, 1.54) is 6.07 Å². The van der Waals surface area contributed by atoms with Gasteiger partial charge in [0.05, 0.1) is 5.60 Å². The van der Waals surface area contributed by atoms with Gasteiger partial charge in [-0.15, -0.1) is 0 Å². The molecule has 0 radical (unpaired) electrons. The molecule has 0 unspecified atom stereocenters.